The minimum atomic E-state index is -0.0978. The standard InChI is InChI=1S/C18H24N4OS/c1-2-3-11-19-17(23)15-10-7-12-22(15)18-20-16(21-24-18)13-14-8-5-4-6-9-14/h4-6,8-9,15H,2-3,7,10-13H2,1H3,(H,19,23). The van der Waals surface area contributed by atoms with Gasteiger partial charge in [-0.3, -0.25) is 4.79 Å². The third-order valence-corrected chi connectivity index (χ3v) is 5.08. The van der Waals surface area contributed by atoms with Crippen molar-refractivity contribution in [2.75, 3.05) is 18.0 Å². The van der Waals surface area contributed by atoms with Crippen LogP contribution >= 0.6 is 11.5 Å². The van der Waals surface area contributed by atoms with Crippen molar-refractivity contribution < 1.29 is 4.79 Å². The molecule has 1 atom stereocenters. The van der Waals surface area contributed by atoms with E-state index >= 15 is 0 Å². The van der Waals surface area contributed by atoms with E-state index in [-0.39, 0.29) is 11.9 Å². The largest absolute Gasteiger partial charge is 0.354 e. The molecule has 1 fully saturated rings. The zero-order valence-corrected chi connectivity index (χ0v) is 14.9. The second kappa shape index (κ2) is 8.24. The molecular formula is C18H24N4OS. The van der Waals surface area contributed by atoms with Gasteiger partial charge < -0.3 is 10.2 Å². The average molecular weight is 344 g/mol. The molecule has 1 amide bonds. The normalized spacial score (nSPS) is 17.2. The van der Waals surface area contributed by atoms with Crippen LogP contribution in [-0.4, -0.2) is 34.4 Å². The van der Waals surface area contributed by atoms with E-state index in [9.17, 15) is 4.79 Å². The van der Waals surface area contributed by atoms with E-state index in [1.54, 1.807) is 0 Å². The van der Waals surface area contributed by atoms with Crippen molar-refractivity contribution in [2.24, 2.45) is 0 Å². The Morgan fingerprint density at radius 2 is 2.21 bits per heavy atom. The highest BCUT2D eigenvalue weighted by molar-refractivity contribution is 7.09. The van der Waals surface area contributed by atoms with E-state index in [0.29, 0.717) is 0 Å². The summed E-state index contributed by atoms with van der Waals surface area (Å²) in [5.41, 5.74) is 1.21. The van der Waals surface area contributed by atoms with Crippen LogP contribution in [0.2, 0.25) is 0 Å². The molecule has 1 N–H and O–H groups in total. The number of hydrogen-bond acceptors (Lipinski definition) is 5. The molecule has 6 heteroatoms. The molecule has 2 aromatic rings. The first-order chi connectivity index (χ1) is 11.8. The lowest BCUT2D eigenvalue weighted by molar-refractivity contribution is -0.122. The highest BCUT2D eigenvalue weighted by Crippen LogP contribution is 2.27. The number of carbonyl (C=O) groups excluding carboxylic acids is 1. The summed E-state index contributed by atoms with van der Waals surface area (Å²) in [6.07, 6.45) is 4.77. The summed E-state index contributed by atoms with van der Waals surface area (Å²) >= 11 is 1.40. The lowest BCUT2D eigenvalue weighted by atomic mass is 10.1. The molecule has 0 aliphatic carbocycles. The van der Waals surface area contributed by atoms with Crippen LogP contribution in [0.3, 0.4) is 0 Å². The molecule has 1 aromatic heterocycles. The number of hydrogen-bond donors (Lipinski definition) is 1. The minimum absolute atomic E-state index is 0.0978. The van der Waals surface area contributed by atoms with Crippen molar-refractivity contribution >= 4 is 22.6 Å². The van der Waals surface area contributed by atoms with Gasteiger partial charge in [0.25, 0.3) is 0 Å². The van der Waals surface area contributed by atoms with Crippen molar-refractivity contribution in [1.82, 2.24) is 14.7 Å². The summed E-state index contributed by atoms with van der Waals surface area (Å²) in [4.78, 5) is 19.2. The van der Waals surface area contributed by atoms with Crippen LogP contribution < -0.4 is 10.2 Å². The smallest absolute Gasteiger partial charge is 0.242 e. The van der Waals surface area contributed by atoms with Gasteiger partial charge in [0, 0.05) is 31.0 Å². The maximum Gasteiger partial charge on any atom is 0.242 e. The Morgan fingerprint density at radius 3 is 3.00 bits per heavy atom. The van der Waals surface area contributed by atoms with Crippen LogP contribution in [0.15, 0.2) is 30.3 Å². The van der Waals surface area contributed by atoms with Gasteiger partial charge in [0.1, 0.15) is 11.9 Å². The Bertz CT molecular complexity index is 658. The molecule has 3 rings (SSSR count). The zero-order valence-electron chi connectivity index (χ0n) is 14.1. The first-order valence-electron chi connectivity index (χ1n) is 8.69. The van der Waals surface area contributed by atoms with Gasteiger partial charge in [0.2, 0.25) is 11.0 Å². The Labute approximate surface area is 147 Å². The van der Waals surface area contributed by atoms with E-state index < -0.39 is 0 Å². The highest BCUT2D eigenvalue weighted by Gasteiger charge is 2.32. The summed E-state index contributed by atoms with van der Waals surface area (Å²) in [7, 11) is 0. The molecule has 1 aliphatic rings. The molecule has 0 radical (unpaired) electrons. The maximum absolute atomic E-state index is 12.4. The molecule has 0 spiro atoms. The summed E-state index contributed by atoms with van der Waals surface area (Å²) in [6, 6.07) is 10.1. The van der Waals surface area contributed by atoms with Crippen molar-refractivity contribution in [1.29, 1.82) is 0 Å². The summed E-state index contributed by atoms with van der Waals surface area (Å²) in [6.45, 7) is 3.77. The minimum Gasteiger partial charge on any atom is -0.354 e. The molecule has 0 saturated carbocycles. The van der Waals surface area contributed by atoms with Crippen LogP contribution in [0.25, 0.3) is 0 Å². The fraction of sp³-hybridized carbons (Fsp3) is 0.500. The first kappa shape index (κ1) is 16.9. The Balaban J connectivity index is 1.64. The number of unbranched alkanes of at least 4 members (excludes halogenated alkanes) is 1. The van der Waals surface area contributed by atoms with Gasteiger partial charge in [0.15, 0.2) is 0 Å². The molecule has 128 valence electrons. The van der Waals surface area contributed by atoms with Gasteiger partial charge in [-0.05, 0) is 24.8 Å². The number of nitrogens with one attached hydrogen (secondary N) is 1. The van der Waals surface area contributed by atoms with Gasteiger partial charge in [-0.15, -0.1) is 0 Å². The quantitative estimate of drug-likeness (QED) is 0.785. The number of carbonyl (C=O) groups is 1. The average Bonchev–Trinajstić information content (AvgIpc) is 3.25. The third-order valence-electron chi connectivity index (χ3n) is 4.29. The highest BCUT2D eigenvalue weighted by atomic mass is 32.1. The van der Waals surface area contributed by atoms with E-state index in [0.717, 1.165) is 56.1 Å². The third kappa shape index (κ3) is 4.12. The van der Waals surface area contributed by atoms with Gasteiger partial charge in [-0.1, -0.05) is 43.7 Å². The van der Waals surface area contributed by atoms with Crippen molar-refractivity contribution in [3.05, 3.63) is 41.7 Å². The molecule has 2 heterocycles. The molecule has 1 unspecified atom stereocenters. The lowest BCUT2D eigenvalue weighted by Crippen LogP contribution is -2.43. The van der Waals surface area contributed by atoms with Crippen LogP contribution in [0.5, 0.6) is 0 Å². The molecule has 1 aromatic carbocycles. The monoisotopic (exact) mass is 344 g/mol. The zero-order chi connectivity index (χ0) is 16.8. The topological polar surface area (TPSA) is 58.1 Å². The fourth-order valence-corrected chi connectivity index (χ4v) is 3.75. The second-order valence-corrected chi connectivity index (χ2v) is 6.88. The van der Waals surface area contributed by atoms with Crippen LogP contribution in [0.4, 0.5) is 5.13 Å². The number of amides is 1. The maximum atomic E-state index is 12.4. The molecule has 1 saturated heterocycles. The van der Waals surface area contributed by atoms with Gasteiger partial charge >= 0.3 is 0 Å². The summed E-state index contributed by atoms with van der Waals surface area (Å²) in [5.74, 6) is 0.957. The number of aromatic nitrogens is 2. The second-order valence-electron chi connectivity index (χ2n) is 6.15. The first-order valence-corrected chi connectivity index (χ1v) is 9.46. The van der Waals surface area contributed by atoms with Crippen LogP contribution in [0, 0.1) is 0 Å². The number of benzene rings is 1. The van der Waals surface area contributed by atoms with E-state index in [4.69, 9.17) is 0 Å². The number of anilines is 1. The van der Waals surface area contributed by atoms with E-state index in [2.05, 4.69) is 38.6 Å². The van der Waals surface area contributed by atoms with Gasteiger partial charge in [-0.25, -0.2) is 4.98 Å². The predicted octanol–water partition coefficient (Wildman–Crippen LogP) is 3.01. The molecule has 5 nitrogen and oxygen atoms in total. The van der Waals surface area contributed by atoms with Crippen molar-refractivity contribution in [2.45, 2.75) is 45.1 Å². The van der Waals surface area contributed by atoms with Crippen LogP contribution in [-0.2, 0) is 11.2 Å². The molecular weight excluding hydrogens is 320 g/mol. The molecule has 0 bridgehead atoms. The number of nitrogens with zero attached hydrogens (tertiary/aromatic N) is 3. The lowest BCUT2D eigenvalue weighted by Gasteiger charge is -2.22. The van der Waals surface area contributed by atoms with E-state index in [1.165, 1.54) is 17.1 Å². The van der Waals surface area contributed by atoms with E-state index in [1.807, 2.05) is 18.2 Å². The Morgan fingerprint density at radius 1 is 1.38 bits per heavy atom. The Hall–Kier alpha value is -1.95. The molecule has 1 aliphatic heterocycles. The van der Waals surface area contributed by atoms with Gasteiger partial charge in [-0.2, -0.15) is 4.37 Å². The van der Waals surface area contributed by atoms with Crippen molar-refractivity contribution in [3.8, 4) is 0 Å². The fourth-order valence-electron chi connectivity index (χ4n) is 2.99. The number of rotatable bonds is 7. The van der Waals surface area contributed by atoms with Gasteiger partial charge in [0.05, 0.1) is 0 Å². The van der Waals surface area contributed by atoms with Crippen molar-refractivity contribution in [3.63, 3.8) is 0 Å². The summed E-state index contributed by atoms with van der Waals surface area (Å²) < 4.78 is 4.48. The summed E-state index contributed by atoms with van der Waals surface area (Å²) in [5, 5.41) is 3.92. The van der Waals surface area contributed by atoms with Crippen LogP contribution in [0.1, 0.15) is 44.0 Å². The predicted molar refractivity (Wildman–Crippen MR) is 97.4 cm³/mol. The SMILES string of the molecule is CCCCNC(=O)C1CCCN1c1nc(Cc2ccccc2)ns1. The molecule has 24 heavy (non-hydrogen) atoms. The Kier molecular flexibility index (Phi) is 5.80.